The zero-order chi connectivity index (χ0) is 19.3. The quantitative estimate of drug-likeness (QED) is 0.485. The van der Waals surface area contributed by atoms with Crippen molar-refractivity contribution >= 4 is 23.7 Å². The summed E-state index contributed by atoms with van der Waals surface area (Å²) in [6.45, 7) is 1.68. The number of nitrogens with one attached hydrogen (secondary N) is 1. The average molecular weight is 392 g/mol. The van der Waals surface area contributed by atoms with Crippen molar-refractivity contribution in [2.75, 3.05) is 11.1 Å². The molecule has 0 saturated carbocycles. The van der Waals surface area contributed by atoms with E-state index in [2.05, 4.69) is 20.4 Å². The first kappa shape index (κ1) is 18.0. The van der Waals surface area contributed by atoms with Crippen molar-refractivity contribution in [3.63, 3.8) is 0 Å². The number of nitrogens with zero attached hydrogens (tertiary/aromatic N) is 3. The fraction of sp³-hybridized carbons (Fsp3) is 0.100. The van der Waals surface area contributed by atoms with Crippen molar-refractivity contribution in [1.82, 2.24) is 15.1 Å². The van der Waals surface area contributed by atoms with Crippen LogP contribution in [0.25, 0.3) is 22.6 Å². The number of oxazole rings is 1. The van der Waals surface area contributed by atoms with Crippen molar-refractivity contribution in [1.29, 1.82) is 0 Å². The summed E-state index contributed by atoms with van der Waals surface area (Å²) in [5.41, 5.74) is 2.61. The fourth-order valence-electron chi connectivity index (χ4n) is 2.57. The maximum atomic E-state index is 12.1. The third-order valence-electron chi connectivity index (χ3n) is 3.79. The summed E-state index contributed by atoms with van der Waals surface area (Å²) in [5, 5.41) is 6.59. The minimum Gasteiger partial charge on any atom is -0.431 e. The molecule has 0 spiro atoms. The molecule has 140 valence electrons. The Balaban J connectivity index is 1.54. The summed E-state index contributed by atoms with van der Waals surface area (Å²) >= 11 is 1.20. The largest absolute Gasteiger partial charge is 0.431 e. The van der Waals surface area contributed by atoms with Crippen molar-refractivity contribution in [2.24, 2.45) is 0 Å². The first-order valence-electron chi connectivity index (χ1n) is 8.53. The van der Waals surface area contributed by atoms with Gasteiger partial charge in [0, 0.05) is 11.1 Å². The van der Waals surface area contributed by atoms with Crippen LogP contribution in [-0.4, -0.2) is 26.8 Å². The first-order valence-corrected chi connectivity index (χ1v) is 9.52. The van der Waals surface area contributed by atoms with Gasteiger partial charge >= 0.3 is 6.01 Å². The minimum absolute atomic E-state index is 0.0745. The van der Waals surface area contributed by atoms with Gasteiger partial charge in [0.05, 0.1) is 5.75 Å². The van der Waals surface area contributed by atoms with Crippen LogP contribution >= 0.6 is 11.8 Å². The van der Waals surface area contributed by atoms with Crippen molar-refractivity contribution in [3.05, 3.63) is 66.5 Å². The van der Waals surface area contributed by atoms with Gasteiger partial charge in [-0.15, -0.1) is 0 Å². The van der Waals surface area contributed by atoms with Crippen LogP contribution in [0.2, 0.25) is 0 Å². The van der Waals surface area contributed by atoms with E-state index in [1.54, 1.807) is 6.92 Å². The molecule has 1 amide bonds. The molecule has 0 fully saturated rings. The van der Waals surface area contributed by atoms with E-state index in [1.165, 1.54) is 11.8 Å². The number of aromatic nitrogens is 3. The van der Waals surface area contributed by atoms with E-state index in [-0.39, 0.29) is 17.7 Å². The molecule has 1 N–H and O–H groups in total. The smallest absolute Gasteiger partial charge is 0.328 e. The normalized spacial score (nSPS) is 10.8. The Hall–Kier alpha value is -3.39. The molecule has 0 aliphatic rings. The van der Waals surface area contributed by atoms with Gasteiger partial charge in [-0.1, -0.05) is 77.6 Å². The molecule has 28 heavy (non-hydrogen) atoms. The Kier molecular flexibility index (Phi) is 5.20. The Bertz CT molecular complexity index is 1020. The highest BCUT2D eigenvalue weighted by atomic mass is 32.2. The summed E-state index contributed by atoms with van der Waals surface area (Å²) in [5.74, 6) is 0.942. The van der Waals surface area contributed by atoms with Crippen LogP contribution in [0.15, 0.2) is 74.8 Å². The number of hydrogen-bond donors (Lipinski definition) is 1. The number of hydrogen-bond acceptors (Lipinski definition) is 7. The lowest BCUT2D eigenvalue weighted by Gasteiger charge is -2.00. The number of amides is 1. The standard InChI is InChI=1S/C20H16N4O3S/c1-13-21-19(27-24-13)22-16(25)12-28-20-23-17(14-8-4-2-5-9-14)18(26-20)15-10-6-3-7-11-15/h2-11H,12H2,1H3,(H,21,22,24,25). The number of carbonyl (C=O) groups is 1. The van der Waals surface area contributed by atoms with Crippen LogP contribution in [0, 0.1) is 6.92 Å². The summed E-state index contributed by atoms with van der Waals surface area (Å²) < 4.78 is 10.9. The molecule has 8 heteroatoms. The van der Waals surface area contributed by atoms with Crippen LogP contribution in [0.1, 0.15) is 5.82 Å². The summed E-state index contributed by atoms with van der Waals surface area (Å²) in [6.07, 6.45) is 0. The molecule has 0 aliphatic carbocycles. The van der Waals surface area contributed by atoms with Crippen LogP contribution in [0.4, 0.5) is 6.01 Å². The van der Waals surface area contributed by atoms with E-state index >= 15 is 0 Å². The molecule has 0 atom stereocenters. The average Bonchev–Trinajstić information content (AvgIpc) is 3.34. The van der Waals surface area contributed by atoms with E-state index in [0.29, 0.717) is 16.8 Å². The lowest BCUT2D eigenvalue weighted by Crippen LogP contribution is -2.14. The molecule has 0 aliphatic heterocycles. The third kappa shape index (κ3) is 4.12. The molecule has 2 aromatic carbocycles. The van der Waals surface area contributed by atoms with Crippen molar-refractivity contribution in [2.45, 2.75) is 12.1 Å². The van der Waals surface area contributed by atoms with E-state index in [1.807, 2.05) is 60.7 Å². The van der Waals surface area contributed by atoms with E-state index in [0.717, 1.165) is 16.8 Å². The molecule has 4 aromatic rings. The van der Waals surface area contributed by atoms with Gasteiger partial charge in [-0.25, -0.2) is 4.98 Å². The van der Waals surface area contributed by atoms with Gasteiger partial charge in [-0.2, -0.15) is 4.98 Å². The molecule has 2 heterocycles. The predicted molar refractivity (Wildman–Crippen MR) is 106 cm³/mol. The summed E-state index contributed by atoms with van der Waals surface area (Å²) in [7, 11) is 0. The van der Waals surface area contributed by atoms with Crippen LogP contribution in [-0.2, 0) is 4.79 Å². The Labute approximate surface area is 165 Å². The molecule has 2 aromatic heterocycles. The molecule has 0 saturated heterocycles. The highest BCUT2D eigenvalue weighted by Crippen LogP contribution is 2.35. The number of carbonyl (C=O) groups excluding carboxylic acids is 1. The monoisotopic (exact) mass is 392 g/mol. The molecule has 0 bridgehead atoms. The van der Waals surface area contributed by atoms with E-state index in [4.69, 9.17) is 8.94 Å². The zero-order valence-electron chi connectivity index (χ0n) is 15.0. The second kappa shape index (κ2) is 8.10. The Morgan fingerprint density at radius 2 is 1.68 bits per heavy atom. The maximum absolute atomic E-state index is 12.1. The van der Waals surface area contributed by atoms with Gasteiger partial charge in [0.1, 0.15) is 5.69 Å². The second-order valence-corrected chi connectivity index (χ2v) is 6.80. The molecule has 4 rings (SSSR count). The molecule has 0 unspecified atom stereocenters. The van der Waals surface area contributed by atoms with Gasteiger partial charge in [-0.3, -0.25) is 10.1 Å². The third-order valence-corrected chi connectivity index (χ3v) is 4.62. The van der Waals surface area contributed by atoms with E-state index in [9.17, 15) is 4.79 Å². The Morgan fingerprint density at radius 3 is 2.32 bits per heavy atom. The van der Waals surface area contributed by atoms with Gasteiger partial charge in [0.15, 0.2) is 11.6 Å². The van der Waals surface area contributed by atoms with Crippen LogP contribution in [0.3, 0.4) is 0 Å². The number of aryl methyl sites for hydroxylation is 1. The number of rotatable bonds is 6. The first-order chi connectivity index (χ1) is 13.7. The number of thioether (sulfide) groups is 1. The van der Waals surface area contributed by atoms with Crippen LogP contribution in [0.5, 0.6) is 0 Å². The summed E-state index contributed by atoms with van der Waals surface area (Å²) in [6, 6.07) is 19.6. The van der Waals surface area contributed by atoms with Gasteiger partial charge < -0.3 is 8.94 Å². The fourth-order valence-corrected chi connectivity index (χ4v) is 3.19. The summed E-state index contributed by atoms with van der Waals surface area (Å²) in [4.78, 5) is 20.6. The maximum Gasteiger partial charge on any atom is 0.328 e. The Morgan fingerprint density at radius 1 is 1.00 bits per heavy atom. The van der Waals surface area contributed by atoms with E-state index < -0.39 is 0 Å². The predicted octanol–water partition coefficient (Wildman–Crippen LogP) is 4.43. The van der Waals surface area contributed by atoms with Gasteiger partial charge in [-0.05, 0) is 6.92 Å². The highest BCUT2D eigenvalue weighted by molar-refractivity contribution is 7.99. The minimum atomic E-state index is -0.283. The number of benzene rings is 2. The zero-order valence-corrected chi connectivity index (χ0v) is 15.8. The topological polar surface area (TPSA) is 94.1 Å². The van der Waals surface area contributed by atoms with Gasteiger partial charge in [0.2, 0.25) is 5.91 Å². The van der Waals surface area contributed by atoms with Gasteiger partial charge in [0.25, 0.3) is 5.22 Å². The van der Waals surface area contributed by atoms with Crippen molar-refractivity contribution < 1.29 is 13.7 Å². The lowest BCUT2D eigenvalue weighted by molar-refractivity contribution is -0.114. The lowest BCUT2D eigenvalue weighted by atomic mass is 10.1. The molecule has 7 nitrogen and oxygen atoms in total. The highest BCUT2D eigenvalue weighted by Gasteiger charge is 2.18. The molecule has 0 radical (unpaired) electrons. The second-order valence-electron chi connectivity index (χ2n) is 5.87. The van der Waals surface area contributed by atoms with Crippen LogP contribution < -0.4 is 5.32 Å². The number of anilines is 1. The SMILES string of the molecule is Cc1noc(NC(=O)CSc2nc(-c3ccccc3)c(-c3ccccc3)o2)n1. The molecular weight excluding hydrogens is 376 g/mol. The van der Waals surface area contributed by atoms with Crippen molar-refractivity contribution in [3.8, 4) is 22.6 Å². The molecular formula is C20H16N4O3S.